The summed E-state index contributed by atoms with van der Waals surface area (Å²) >= 11 is 5.95. The fourth-order valence-corrected chi connectivity index (χ4v) is 2.29. The highest BCUT2D eigenvalue weighted by Gasteiger charge is 2.20. The first-order chi connectivity index (χ1) is 12.1. The summed E-state index contributed by atoms with van der Waals surface area (Å²) in [4.78, 5) is 30.5. The van der Waals surface area contributed by atoms with Crippen molar-refractivity contribution in [1.29, 1.82) is 0 Å². The number of nitrogens with zero attached hydrogens (tertiary/aromatic N) is 3. The number of esters is 1. The molecule has 0 aliphatic rings. The molecule has 0 saturated heterocycles. The van der Waals surface area contributed by atoms with Crippen LogP contribution in [0, 0.1) is 10.1 Å². The molecule has 9 heteroatoms. The lowest BCUT2D eigenvalue weighted by atomic mass is 10.2. The highest BCUT2D eigenvalue weighted by molar-refractivity contribution is 6.31. The van der Waals surface area contributed by atoms with E-state index in [1.54, 1.807) is 18.3 Å². The third-order valence-electron chi connectivity index (χ3n) is 3.26. The summed E-state index contributed by atoms with van der Waals surface area (Å²) in [5, 5.41) is 11.2. The van der Waals surface area contributed by atoms with Gasteiger partial charge < -0.3 is 9.15 Å². The molecular weight excluding hydrogens is 350 g/mol. The van der Waals surface area contributed by atoms with Crippen molar-refractivity contribution in [2.75, 3.05) is 0 Å². The van der Waals surface area contributed by atoms with E-state index in [0.29, 0.717) is 5.56 Å². The first kappa shape index (κ1) is 16.6. The number of carbonyl (C=O) groups excluding carboxylic acids is 1. The van der Waals surface area contributed by atoms with Crippen molar-refractivity contribution in [2.24, 2.45) is 0 Å². The van der Waals surface area contributed by atoms with Crippen LogP contribution in [0.4, 0.5) is 5.69 Å². The van der Waals surface area contributed by atoms with E-state index in [9.17, 15) is 14.9 Å². The second kappa shape index (κ2) is 7.10. The fraction of sp³-hybridized carbons (Fsp3) is 0.0625. The van der Waals surface area contributed by atoms with E-state index in [1.807, 2.05) is 0 Å². The van der Waals surface area contributed by atoms with Crippen LogP contribution in [0.25, 0.3) is 11.5 Å². The first-order valence-corrected chi connectivity index (χ1v) is 7.39. The van der Waals surface area contributed by atoms with Gasteiger partial charge in [-0.05, 0) is 18.2 Å². The molecule has 0 unspecified atom stereocenters. The molecule has 0 radical (unpaired) electrons. The van der Waals surface area contributed by atoms with Crippen molar-refractivity contribution in [3.05, 3.63) is 75.4 Å². The SMILES string of the molecule is O=C(OCc1c(Cl)cccc1[N+](=O)[O-])c1coc(-c2cccnc2)n1. The first-order valence-electron chi connectivity index (χ1n) is 7.01. The second-order valence-corrected chi connectivity index (χ2v) is 5.26. The smallest absolute Gasteiger partial charge is 0.360 e. The Hall–Kier alpha value is -3.26. The second-order valence-electron chi connectivity index (χ2n) is 4.85. The number of nitro benzene ring substituents is 1. The van der Waals surface area contributed by atoms with Gasteiger partial charge in [0.05, 0.1) is 21.1 Å². The molecule has 2 aromatic heterocycles. The molecule has 0 bridgehead atoms. The van der Waals surface area contributed by atoms with Gasteiger partial charge in [0, 0.05) is 18.5 Å². The van der Waals surface area contributed by atoms with Crippen LogP contribution in [0.2, 0.25) is 5.02 Å². The molecule has 8 nitrogen and oxygen atoms in total. The van der Waals surface area contributed by atoms with Crippen LogP contribution in [0.1, 0.15) is 16.1 Å². The van der Waals surface area contributed by atoms with E-state index in [-0.39, 0.29) is 34.5 Å². The van der Waals surface area contributed by atoms with Crippen molar-refractivity contribution in [1.82, 2.24) is 9.97 Å². The Balaban J connectivity index is 1.74. The number of hydrogen-bond donors (Lipinski definition) is 0. The minimum Gasteiger partial charge on any atom is -0.456 e. The number of nitro groups is 1. The predicted octanol–water partition coefficient (Wildman–Crippen LogP) is 3.66. The van der Waals surface area contributed by atoms with Gasteiger partial charge in [-0.2, -0.15) is 0 Å². The Bertz CT molecular complexity index is 927. The number of oxazole rings is 1. The molecule has 0 saturated carbocycles. The summed E-state index contributed by atoms with van der Waals surface area (Å²) in [6.07, 6.45) is 4.28. The van der Waals surface area contributed by atoms with E-state index < -0.39 is 10.9 Å². The van der Waals surface area contributed by atoms with Gasteiger partial charge in [-0.15, -0.1) is 0 Å². The van der Waals surface area contributed by atoms with Gasteiger partial charge >= 0.3 is 5.97 Å². The normalized spacial score (nSPS) is 10.4. The topological polar surface area (TPSA) is 108 Å². The van der Waals surface area contributed by atoms with Crippen LogP contribution in [0.3, 0.4) is 0 Å². The number of ether oxygens (including phenoxy) is 1. The van der Waals surface area contributed by atoms with Crippen molar-refractivity contribution in [3.8, 4) is 11.5 Å². The number of hydrogen-bond acceptors (Lipinski definition) is 7. The zero-order valence-corrected chi connectivity index (χ0v) is 13.3. The molecule has 0 spiro atoms. The van der Waals surface area contributed by atoms with Gasteiger partial charge in [0.2, 0.25) is 5.89 Å². The zero-order chi connectivity index (χ0) is 17.8. The molecule has 3 aromatic rings. The molecule has 0 aliphatic heterocycles. The minimum absolute atomic E-state index is 0.0615. The minimum atomic E-state index is -0.784. The lowest BCUT2D eigenvalue weighted by Crippen LogP contribution is -2.07. The lowest BCUT2D eigenvalue weighted by molar-refractivity contribution is -0.385. The summed E-state index contributed by atoms with van der Waals surface area (Å²) in [7, 11) is 0. The third kappa shape index (κ3) is 3.64. The molecule has 0 atom stereocenters. The summed E-state index contributed by atoms with van der Waals surface area (Å²) in [5.74, 6) is -0.572. The van der Waals surface area contributed by atoms with Gasteiger partial charge in [-0.3, -0.25) is 15.1 Å². The molecule has 0 fully saturated rings. The van der Waals surface area contributed by atoms with Gasteiger partial charge in [-0.25, -0.2) is 9.78 Å². The van der Waals surface area contributed by atoms with Crippen LogP contribution in [-0.2, 0) is 11.3 Å². The molecule has 126 valence electrons. The number of halogens is 1. The summed E-state index contributed by atoms with van der Waals surface area (Å²) < 4.78 is 10.3. The van der Waals surface area contributed by atoms with E-state index in [0.717, 1.165) is 6.26 Å². The van der Waals surface area contributed by atoms with Crippen molar-refractivity contribution < 1.29 is 18.9 Å². The van der Waals surface area contributed by atoms with E-state index in [4.69, 9.17) is 20.8 Å². The molecular formula is C16H10ClN3O5. The Morgan fingerprint density at radius 2 is 2.16 bits per heavy atom. The summed E-state index contributed by atoms with van der Waals surface area (Å²) in [6, 6.07) is 7.64. The van der Waals surface area contributed by atoms with Crippen LogP contribution >= 0.6 is 11.6 Å². The number of aromatic nitrogens is 2. The number of benzene rings is 1. The van der Waals surface area contributed by atoms with Crippen LogP contribution < -0.4 is 0 Å². The molecule has 2 heterocycles. The largest absolute Gasteiger partial charge is 0.456 e. The quantitative estimate of drug-likeness (QED) is 0.388. The van der Waals surface area contributed by atoms with Crippen LogP contribution in [0.15, 0.2) is 53.4 Å². The van der Waals surface area contributed by atoms with Gasteiger partial charge in [-0.1, -0.05) is 17.7 Å². The Morgan fingerprint density at radius 1 is 1.32 bits per heavy atom. The predicted molar refractivity (Wildman–Crippen MR) is 87.0 cm³/mol. The van der Waals surface area contributed by atoms with E-state index in [2.05, 4.69) is 9.97 Å². The molecule has 1 aromatic carbocycles. The Kier molecular flexibility index (Phi) is 4.71. The maximum atomic E-state index is 12.1. The molecule has 0 aliphatic carbocycles. The average molecular weight is 360 g/mol. The lowest BCUT2D eigenvalue weighted by Gasteiger charge is -2.05. The molecule has 25 heavy (non-hydrogen) atoms. The highest BCUT2D eigenvalue weighted by atomic mass is 35.5. The highest BCUT2D eigenvalue weighted by Crippen LogP contribution is 2.27. The van der Waals surface area contributed by atoms with Crippen molar-refractivity contribution >= 4 is 23.3 Å². The van der Waals surface area contributed by atoms with Crippen LogP contribution in [0.5, 0.6) is 0 Å². The van der Waals surface area contributed by atoms with Crippen molar-refractivity contribution in [3.63, 3.8) is 0 Å². The molecule has 3 rings (SSSR count). The number of pyridine rings is 1. The van der Waals surface area contributed by atoms with Crippen molar-refractivity contribution in [2.45, 2.75) is 6.61 Å². The average Bonchev–Trinajstić information content (AvgIpc) is 3.11. The fourth-order valence-electron chi connectivity index (χ4n) is 2.06. The molecule has 0 amide bonds. The monoisotopic (exact) mass is 359 g/mol. The van der Waals surface area contributed by atoms with E-state index in [1.165, 1.54) is 24.4 Å². The molecule has 0 N–H and O–H groups in total. The van der Waals surface area contributed by atoms with Gasteiger partial charge in [0.1, 0.15) is 12.9 Å². The van der Waals surface area contributed by atoms with Gasteiger partial charge in [0.15, 0.2) is 5.69 Å². The van der Waals surface area contributed by atoms with Crippen LogP contribution in [-0.4, -0.2) is 20.9 Å². The number of carbonyl (C=O) groups is 1. The standard InChI is InChI=1S/C16H10ClN3O5/c17-12-4-1-5-14(20(22)23)11(12)8-25-16(21)13-9-24-15(19-13)10-3-2-6-18-7-10/h1-7,9H,8H2. The number of rotatable bonds is 5. The summed E-state index contributed by atoms with van der Waals surface area (Å²) in [6.45, 7) is -0.357. The summed E-state index contributed by atoms with van der Waals surface area (Å²) in [5.41, 5.74) is 0.423. The zero-order valence-electron chi connectivity index (χ0n) is 12.6. The Labute approximate surface area is 146 Å². The maximum absolute atomic E-state index is 12.1. The van der Waals surface area contributed by atoms with Gasteiger partial charge in [0.25, 0.3) is 5.69 Å². The van der Waals surface area contributed by atoms with E-state index >= 15 is 0 Å². The maximum Gasteiger partial charge on any atom is 0.360 e. The third-order valence-corrected chi connectivity index (χ3v) is 3.61. The Morgan fingerprint density at radius 3 is 2.88 bits per heavy atom.